The summed E-state index contributed by atoms with van der Waals surface area (Å²) in [5.41, 5.74) is 3.44. The fourth-order valence-electron chi connectivity index (χ4n) is 4.88. The average molecular weight is 454 g/mol. The molecule has 33 heavy (non-hydrogen) atoms. The maximum Gasteiger partial charge on any atom is 0.245 e. The number of likely N-dealkylation sites (tertiary alicyclic amines) is 1. The van der Waals surface area contributed by atoms with Crippen LogP contribution in [0.2, 0.25) is 0 Å². The summed E-state index contributed by atoms with van der Waals surface area (Å²) in [6.07, 6.45) is 5.67. The molecule has 1 atom stereocenters. The number of aromatic nitrogens is 6. The third kappa shape index (κ3) is 3.96. The van der Waals surface area contributed by atoms with Gasteiger partial charge in [-0.2, -0.15) is 10.1 Å². The van der Waals surface area contributed by atoms with Gasteiger partial charge in [0.05, 0.1) is 18.3 Å². The lowest BCUT2D eigenvalue weighted by molar-refractivity contribution is -0.137. The van der Waals surface area contributed by atoms with Gasteiger partial charge in [0.2, 0.25) is 11.8 Å². The minimum absolute atomic E-state index is 0.0679. The number of carbonyl (C=O) groups is 1. The molecule has 0 aromatic carbocycles. The first kappa shape index (κ1) is 21.8. The summed E-state index contributed by atoms with van der Waals surface area (Å²) in [5.74, 6) is 1.58. The van der Waals surface area contributed by atoms with Crippen molar-refractivity contribution in [2.24, 2.45) is 5.92 Å². The van der Waals surface area contributed by atoms with Crippen molar-refractivity contribution in [3.63, 3.8) is 0 Å². The molecule has 5 rings (SSSR count). The quantitative estimate of drug-likeness (QED) is 0.565. The summed E-state index contributed by atoms with van der Waals surface area (Å²) in [7, 11) is 0. The lowest BCUT2D eigenvalue weighted by atomic mass is 9.99. The first-order valence-electron chi connectivity index (χ1n) is 11.9. The van der Waals surface area contributed by atoms with Gasteiger partial charge in [-0.15, -0.1) is 0 Å². The topological polar surface area (TPSA) is 100 Å². The van der Waals surface area contributed by atoms with E-state index in [9.17, 15) is 4.79 Å². The van der Waals surface area contributed by atoms with Crippen molar-refractivity contribution in [3.05, 3.63) is 18.2 Å². The van der Waals surface area contributed by atoms with Crippen molar-refractivity contribution in [3.8, 4) is 17.3 Å². The summed E-state index contributed by atoms with van der Waals surface area (Å²) >= 11 is 0. The van der Waals surface area contributed by atoms with Gasteiger partial charge >= 0.3 is 0 Å². The molecular formula is C23H31N7O3. The summed E-state index contributed by atoms with van der Waals surface area (Å²) in [6, 6.07) is 0. The third-order valence-corrected chi connectivity index (χ3v) is 6.76. The molecule has 2 aliphatic heterocycles. The van der Waals surface area contributed by atoms with Crippen LogP contribution in [0.5, 0.6) is 5.88 Å². The molecule has 10 heteroatoms. The van der Waals surface area contributed by atoms with Gasteiger partial charge in [-0.05, 0) is 33.6 Å². The Morgan fingerprint density at radius 3 is 2.73 bits per heavy atom. The molecule has 2 aliphatic rings. The van der Waals surface area contributed by atoms with E-state index in [0.29, 0.717) is 37.7 Å². The molecule has 3 aromatic heterocycles. The first-order valence-corrected chi connectivity index (χ1v) is 11.9. The number of nitrogens with zero attached hydrogens (tertiary/aromatic N) is 7. The van der Waals surface area contributed by atoms with Gasteiger partial charge in [-0.1, -0.05) is 0 Å². The summed E-state index contributed by atoms with van der Waals surface area (Å²) < 4.78 is 15.7. The van der Waals surface area contributed by atoms with Crippen LogP contribution in [0.3, 0.4) is 0 Å². The van der Waals surface area contributed by atoms with Crippen molar-refractivity contribution in [2.45, 2.75) is 59.2 Å². The molecule has 1 unspecified atom stereocenters. The zero-order valence-corrected chi connectivity index (χ0v) is 19.5. The van der Waals surface area contributed by atoms with Crippen LogP contribution >= 0.6 is 0 Å². The molecule has 0 bridgehead atoms. The minimum atomic E-state index is -0.105. The van der Waals surface area contributed by atoms with Gasteiger partial charge in [0.15, 0.2) is 11.2 Å². The SMILES string of the molecule is CCn1ncc(-c2nc3c(OC4CCN(C(=O)C5CCOCC5)C4)ncnc3n2CC)c1C. The Hall–Kier alpha value is -3.01. The van der Waals surface area contributed by atoms with Gasteiger partial charge in [-0.3, -0.25) is 9.48 Å². The number of hydrogen-bond donors (Lipinski definition) is 0. The molecule has 2 fully saturated rings. The van der Waals surface area contributed by atoms with Crippen LogP contribution in [0.15, 0.2) is 12.5 Å². The van der Waals surface area contributed by atoms with Gasteiger partial charge in [0.25, 0.3) is 0 Å². The van der Waals surface area contributed by atoms with Gasteiger partial charge < -0.3 is 18.9 Å². The fourth-order valence-corrected chi connectivity index (χ4v) is 4.88. The van der Waals surface area contributed by atoms with Crippen molar-refractivity contribution in [2.75, 3.05) is 26.3 Å². The number of hydrogen-bond acceptors (Lipinski definition) is 7. The monoisotopic (exact) mass is 453 g/mol. The molecule has 0 radical (unpaired) electrons. The van der Waals surface area contributed by atoms with E-state index in [1.54, 1.807) is 0 Å². The molecule has 176 valence electrons. The van der Waals surface area contributed by atoms with Crippen LogP contribution in [0.25, 0.3) is 22.6 Å². The lowest BCUT2D eigenvalue weighted by Crippen LogP contribution is -2.38. The standard InChI is InChI=1S/C23H31N7O3/c1-4-29-20(18-12-26-30(5-2)15(18)3)27-19-21(29)24-14-25-22(19)33-17-6-9-28(13-17)23(31)16-7-10-32-11-8-16/h12,14,16-17H,4-11,13H2,1-3H3. The van der Waals surface area contributed by atoms with E-state index in [-0.39, 0.29) is 17.9 Å². The second-order valence-corrected chi connectivity index (χ2v) is 8.69. The highest BCUT2D eigenvalue weighted by Gasteiger charge is 2.33. The molecular weight excluding hydrogens is 422 g/mol. The summed E-state index contributed by atoms with van der Waals surface area (Å²) in [6.45, 7) is 10.3. The van der Waals surface area contributed by atoms with Crippen molar-refractivity contribution in [1.82, 2.24) is 34.2 Å². The number of rotatable bonds is 6. The number of amides is 1. The minimum Gasteiger partial charge on any atom is -0.471 e. The fraction of sp³-hybridized carbons (Fsp3) is 0.609. The number of carbonyl (C=O) groups excluding carboxylic acids is 1. The molecule has 0 aliphatic carbocycles. The normalized spacial score (nSPS) is 19.5. The van der Waals surface area contributed by atoms with Crippen LogP contribution in [-0.4, -0.2) is 72.5 Å². The van der Waals surface area contributed by atoms with E-state index in [4.69, 9.17) is 14.5 Å². The van der Waals surface area contributed by atoms with Crippen LogP contribution in [0, 0.1) is 12.8 Å². The Labute approximate surface area is 192 Å². The largest absolute Gasteiger partial charge is 0.471 e. The molecule has 3 aromatic rings. The zero-order chi connectivity index (χ0) is 22.9. The molecule has 5 heterocycles. The van der Waals surface area contributed by atoms with Crippen LogP contribution in [0.4, 0.5) is 0 Å². The second-order valence-electron chi connectivity index (χ2n) is 8.69. The average Bonchev–Trinajstić information content (AvgIpc) is 3.56. The van der Waals surface area contributed by atoms with Crippen molar-refractivity contribution in [1.29, 1.82) is 0 Å². The van der Waals surface area contributed by atoms with E-state index < -0.39 is 0 Å². The van der Waals surface area contributed by atoms with E-state index in [1.807, 2.05) is 15.8 Å². The molecule has 0 N–H and O–H groups in total. The number of fused-ring (bicyclic) bond motifs is 1. The van der Waals surface area contributed by atoms with Crippen molar-refractivity contribution < 1.29 is 14.3 Å². The Morgan fingerprint density at radius 2 is 2.00 bits per heavy atom. The maximum absolute atomic E-state index is 12.9. The van der Waals surface area contributed by atoms with Gasteiger partial charge in [-0.25, -0.2) is 9.97 Å². The van der Waals surface area contributed by atoms with E-state index in [2.05, 4.69) is 40.4 Å². The third-order valence-electron chi connectivity index (χ3n) is 6.76. The van der Waals surface area contributed by atoms with Gasteiger partial charge in [0.1, 0.15) is 18.3 Å². The van der Waals surface area contributed by atoms with Gasteiger partial charge in [0, 0.05) is 50.9 Å². The highest BCUT2D eigenvalue weighted by atomic mass is 16.5. The van der Waals surface area contributed by atoms with Crippen molar-refractivity contribution >= 4 is 17.1 Å². The molecule has 0 saturated carbocycles. The highest BCUT2D eigenvalue weighted by Crippen LogP contribution is 2.31. The Bertz CT molecular complexity index is 1150. The summed E-state index contributed by atoms with van der Waals surface area (Å²) in [4.78, 5) is 28.6. The smallest absolute Gasteiger partial charge is 0.245 e. The summed E-state index contributed by atoms with van der Waals surface area (Å²) in [5, 5.41) is 4.48. The number of ether oxygens (including phenoxy) is 2. The zero-order valence-electron chi connectivity index (χ0n) is 19.5. The molecule has 1 amide bonds. The van der Waals surface area contributed by atoms with E-state index in [0.717, 1.165) is 55.1 Å². The number of aryl methyl sites for hydroxylation is 2. The Balaban J connectivity index is 1.38. The van der Waals surface area contributed by atoms with E-state index >= 15 is 0 Å². The Morgan fingerprint density at radius 1 is 1.18 bits per heavy atom. The first-order chi connectivity index (χ1) is 16.1. The lowest BCUT2D eigenvalue weighted by Gasteiger charge is -2.26. The Kier molecular flexibility index (Phi) is 6.01. The predicted octanol–water partition coefficient (Wildman–Crippen LogP) is 2.44. The number of imidazole rings is 1. The molecule has 10 nitrogen and oxygen atoms in total. The molecule has 0 spiro atoms. The predicted molar refractivity (Wildman–Crippen MR) is 122 cm³/mol. The molecule has 2 saturated heterocycles. The van der Waals surface area contributed by atoms with Crippen LogP contribution in [0.1, 0.15) is 38.8 Å². The maximum atomic E-state index is 12.9. The van der Waals surface area contributed by atoms with E-state index in [1.165, 1.54) is 6.33 Å². The van der Waals surface area contributed by atoms with Crippen LogP contribution in [-0.2, 0) is 22.6 Å². The second kappa shape index (κ2) is 9.09. The van der Waals surface area contributed by atoms with Crippen LogP contribution < -0.4 is 4.74 Å². The highest BCUT2D eigenvalue weighted by molar-refractivity contribution is 5.82.